The first kappa shape index (κ1) is 6.85. The molecule has 11 heavy (non-hydrogen) atoms. The Hall–Kier alpha value is -0.830. The Bertz CT molecular complexity index is 209. The lowest BCUT2D eigenvalue weighted by atomic mass is 9.89. The zero-order valence-electron chi connectivity index (χ0n) is 6.06. The van der Waals surface area contributed by atoms with Gasteiger partial charge in [-0.25, -0.2) is 4.79 Å². The highest BCUT2D eigenvalue weighted by Crippen LogP contribution is 2.30. The smallest absolute Gasteiger partial charge is 0.336 e. The van der Waals surface area contributed by atoms with E-state index in [9.17, 15) is 9.90 Å². The summed E-state index contributed by atoms with van der Waals surface area (Å²) in [6, 6.07) is 0. The number of allylic oxidation sites excluding steroid dienone is 1. The fourth-order valence-corrected chi connectivity index (χ4v) is 1.67. The fraction of sp³-hybridized carbons (Fsp3) is 0.625. The number of aliphatic hydroxyl groups is 1. The van der Waals surface area contributed by atoms with Gasteiger partial charge in [0.1, 0.15) is 6.10 Å². The molecule has 1 heterocycles. The van der Waals surface area contributed by atoms with Crippen molar-refractivity contribution in [2.45, 2.75) is 25.0 Å². The van der Waals surface area contributed by atoms with Gasteiger partial charge in [0.2, 0.25) is 0 Å². The minimum Gasteiger partial charge on any atom is -0.456 e. The summed E-state index contributed by atoms with van der Waals surface area (Å²) in [5, 5.41) is 9.28. The topological polar surface area (TPSA) is 46.5 Å². The van der Waals surface area contributed by atoms with Crippen LogP contribution in [0.2, 0.25) is 0 Å². The van der Waals surface area contributed by atoms with E-state index in [1.807, 2.05) is 12.2 Å². The van der Waals surface area contributed by atoms with E-state index >= 15 is 0 Å². The van der Waals surface area contributed by atoms with Crippen LogP contribution in [0.25, 0.3) is 0 Å². The molecule has 1 fully saturated rings. The molecule has 0 aromatic rings. The van der Waals surface area contributed by atoms with E-state index in [0.29, 0.717) is 0 Å². The summed E-state index contributed by atoms with van der Waals surface area (Å²) < 4.78 is 4.90. The molecule has 1 saturated heterocycles. The number of ether oxygens (including phenoxy) is 1. The minimum absolute atomic E-state index is 0.00694. The highest BCUT2D eigenvalue weighted by Gasteiger charge is 2.42. The average molecular weight is 154 g/mol. The van der Waals surface area contributed by atoms with Gasteiger partial charge in [-0.15, -0.1) is 0 Å². The Balaban J connectivity index is 2.21. The molecule has 0 spiro atoms. The average Bonchev–Trinajstić information content (AvgIpc) is 2.30. The maximum absolute atomic E-state index is 10.8. The first-order chi connectivity index (χ1) is 5.29. The van der Waals surface area contributed by atoms with Crippen molar-refractivity contribution in [1.29, 1.82) is 0 Å². The highest BCUT2D eigenvalue weighted by atomic mass is 16.6. The van der Waals surface area contributed by atoms with Crippen LogP contribution in [0.1, 0.15) is 12.8 Å². The van der Waals surface area contributed by atoms with Crippen LogP contribution < -0.4 is 0 Å². The van der Waals surface area contributed by atoms with Crippen molar-refractivity contribution >= 4 is 5.97 Å². The maximum atomic E-state index is 10.8. The van der Waals surface area contributed by atoms with Crippen molar-refractivity contribution < 1.29 is 14.6 Å². The third kappa shape index (κ3) is 0.959. The van der Waals surface area contributed by atoms with Gasteiger partial charge in [-0.2, -0.15) is 0 Å². The number of fused-ring (bicyclic) bond motifs is 1. The molecule has 3 atom stereocenters. The maximum Gasteiger partial charge on any atom is 0.336 e. The monoisotopic (exact) mass is 154 g/mol. The largest absolute Gasteiger partial charge is 0.456 e. The molecule has 2 rings (SSSR count). The standard InChI is InChI=1S/C8H10O3/c9-7-5-3-1-2-4-6(5)11-8(7)10/h2,4-7,9H,1,3H2/t5-,6+,7-/m1/s1. The third-order valence-corrected chi connectivity index (χ3v) is 2.31. The summed E-state index contributed by atoms with van der Waals surface area (Å²) in [6.45, 7) is 0. The molecule has 1 N–H and O–H groups in total. The number of hydrogen-bond acceptors (Lipinski definition) is 3. The molecule has 0 saturated carbocycles. The van der Waals surface area contributed by atoms with Gasteiger partial charge in [0.25, 0.3) is 0 Å². The van der Waals surface area contributed by atoms with Gasteiger partial charge in [0, 0.05) is 5.92 Å². The van der Waals surface area contributed by atoms with Crippen LogP contribution in [0.4, 0.5) is 0 Å². The molecular formula is C8H10O3. The van der Waals surface area contributed by atoms with Gasteiger partial charge < -0.3 is 9.84 Å². The quantitative estimate of drug-likeness (QED) is 0.401. The Labute approximate surface area is 64.7 Å². The summed E-state index contributed by atoms with van der Waals surface area (Å²) in [4.78, 5) is 10.8. The van der Waals surface area contributed by atoms with Crippen molar-refractivity contribution in [2.75, 3.05) is 0 Å². The van der Waals surface area contributed by atoms with E-state index < -0.39 is 12.1 Å². The summed E-state index contributed by atoms with van der Waals surface area (Å²) in [5.41, 5.74) is 0. The van der Waals surface area contributed by atoms with Crippen LogP contribution in [0.3, 0.4) is 0 Å². The van der Waals surface area contributed by atoms with Gasteiger partial charge in [0.15, 0.2) is 6.10 Å². The summed E-state index contributed by atoms with van der Waals surface area (Å²) in [5.74, 6) is -0.459. The Morgan fingerprint density at radius 3 is 3.18 bits per heavy atom. The number of esters is 1. The van der Waals surface area contributed by atoms with Crippen LogP contribution in [0.15, 0.2) is 12.2 Å². The zero-order valence-corrected chi connectivity index (χ0v) is 6.06. The molecule has 0 aromatic carbocycles. The lowest BCUT2D eigenvalue weighted by Gasteiger charge is -2.18. The van der Waals surface area contributed by atoms with Gasteiger partial charge in [-0.05, 0) is 18.9 Å². The van der Waals surface area contributed by atoms with Gasteiger partial charge in [-0.1, -0.05) is 6.08 Å². The molecule has 0 unspecified atom stereocenters. The van der Waals surface area contributed by atoms with Crippen molar-refractivity contribution in [2.24, 2.45) is 5.92 Å². The highest BCUT2D eigenvalue weighted by molar-refractivity contribution is 5.77. The summed E-state index contributed by atoms with van der Waals surface area (Å²) in [7, 11) is 0. The van der Waals surface area contributed by atoms with E-state index in [-0.39, 0.29) is 12.0 Å². The van der Waals surface area contributed by atoms with Crippen molar-refractivity contribution in [3.8, 4) is 0 Å². The Morgan fingerprint density at radius 2 is 2.45 bits per heavy atom. The summed E-state index contributed by atoms with van der Waals surface area (Å²) in [6.07, 6.45) is 4.61. The molecule has 0 bridgehead atoms. The predicted octanol–water partition coefficient (Wildman–Crippen LogP) is 0.239. The zero-order chi connectivity index (χ0) is 7.84. The van der Waals surface area contributed by atoms with Crippen LogP contribution in [-0.2, 0) is 9.53 Å². The molecule has 2 aliphatic rings. The molecule has 1 aliphatic carbocycles. The second-order valence-corrected chi connectivity index (χ2v) is 3.02. The molecule has 3 nitrogen and oxygen atoms in total. The number of aliphatic hydroxyl groups excluding tert-OH is 1. The van der Waals surface area contributed by atoms with Crippen LogP contribution >= 0.6 is 0 Å². The molecule has 0 radical (unpaired) electrons. The van der Waals surface area contributed by atoms with Gasteiger partial charge in [0.05, 0.1) is 0 Å². The Kier molecular flexibility index (Phi) is 1.46. The second-order valence-electron chi connectivity index (χ2n) is 3.02. The predicted molar refractivity (Wildman–Crippen MR) is 37.8 cm³/mol. The first-order valence-corrected chi connectivity index (χ1v) is 3.84. The number of carbonyl (C=O) groups excluding carboxylic acids is 1. The lowest BCUT2D eigenvalue weighted by Crippen LogP contribution is -2.25. The van der Waals surface area contributed by atoms with Gasteiger partial charge >= 0.3 is 5.97 Å². The van der Waals surface area contributed by atoms with Crippen LogP contribution in [0, 0.1) is 5.92 Å². The van der Waals surface area contributed by atoms with Crippen molar-refractivity contribution in [3.05, 3.63) is 12.2 Å². The molecule has 60 valence electrons. The normalized spacial score (nSPS) is 41.9. The second kappa shape index (κ2) is 2.34. The minimum atomic E-state index is -0.884. The lowest BCUT2D eigenvalue weighted by molar-refractivity contribution is -0.146. The summed E-state index contributed by atoms with van der Waals surface area (Å²) >= 11 is 0. The van der Waals surface area contributed by atoms with E-state index in [4.69, 9.17) is 4.74 Å². The van der Waals surface area contributed by atoms with Crippen LogP contribution in [-0.4, -0.2) is 23.3 Å². The molecule has 3 heteroatoms. The Morgan fingerprint density at radius 1 is 1.64 bits per heavy atom. The molecule has 0 amide bonds. The fourth-order valence-electron chi connectivity index (χ4n) is 1.67. The van der Waals surface area contributed by atoms with Crippen molar-refractivity contribution in [1.82, 2.24) is 0 Å². The molecular weight excluding hydrogens is 144 g/mol. The van der Waals surface area contributed by atoms with E-state index in [1.165, 1.54) is 0 Å². The van der Waals surface area contributed by atoms with Crippen molar-refractivity contribution in [3.63, 3.8) is 0 Å². The van der Waals surface area contributed by atoms with E-state index in [2.05, 4.69) is 0 Å². The number of carbonyl (C=O) groups is 1. The van der Waals surface area contributed by atoms with Crippen LogP contribution in [0.5, 0.6) is 0 Å². The number of rotatable bonds is 0. The van der Waals surface area contributed by atoms with E-state index in [1.54, 1.807) is 0 Å². The third-order valence-electron chi connectivity index (χ3n) is 2.31. The van der Waals surface area contributed by atoms with E-state index in [0.717, 1.165) is 12.8 Å². The van der Waals surface area contributed by atoms with Gasteiger partial charge in [-0.3, -0.25) is 0 Å². The molecule has 0 aromatic heterocycles. The first-order valence-electron chi connectivity index (χ1n) is 3.84. The molecule has 1 aliphatic heterocycles. The SMILES string of the molecule is O=C1O[C@H]2C=CCC[C@H]2[C@H]1O. The number of hydrogen-bond donors (Lipinski definition) is 1.